The van der Waals surface area contributed by atoms with Gasteiger partial charge in [0.25, 0.3) is 5.69 Å². The molecule has 0 aliphatic rings. The number of nitro groups is 1. The molecule has 0 saturated heterocycles. The average Bonchev–Trinajstić information content (AvgIpc) is 2.81. The minimum Gasteiger partial charge on any atom is -0.258 e. The molecule has 0 fully saturated rings. The molecule has 6 nitrogen and oxygen atoms in total. The van der Waals surface area contributed by atoms with Crippen LogP contribution >= 0.6 is 11.8 Å². The Bertz CT molecular complexity index is 1480. The van der Waals surface area contributed by atoms with Gasteiger partial charge in [-0.3, -0.25) is 15.1 Å². The van der Waals surface area contributed by atoms with Crippen molar-refractivity contribution >= 4 is 38.2 Å². The first kappa shape index (κ1) is 23.9. The third-order valence-electron chi connectivity index (χ3n) is 6.02. The zero-order valence-electron chi connectivity index (χ0n) is 19.1. The average molecular weight is 493 g/mol. The molecule has 0 saturated carbocycles. The van der Waals surface area contributed by atoms with Crippen LogP contribution in [0.1, 0.15) is 25.0 Å². The first-order valence-electron chi connectivity index (χ1n) is 10.6. The van der Waals surface area contributed by atoms with Crippen molar-refractivity contribution in [2.75, 3.05) is 6.26 Å². The van der Waals surface area contributed by atoms with Crippen LogP contribution in [0.15, 0.2) is 83.9 Å². The van der Waals surface area contributed by atoms with E-state index in [1.807, 2.05) is 42.5 Å². The van der Waals surface area contributed by atoms with E-state index in [1.54, 1.807) is 43.9 Å². The molecule has 1 aromatic heterocycles. The molecule has 34 heavy (non-hydrogen) atoms. The number of non-ortho nitro benzene ring substituents is 1. The van der Waals surface area contributed by atoms with Gasteiger partial charge in [0.2, 0.25) is 0 Å². The Hall–Kier alpha value is -3.23. The van der Waals surface area contributed by atoms with Crippen LogP contribution in [0.5, 0.6) is 0 Å². The van der Waals surface area contributed by atoms with Crippen LogP contribution in [0, 0.1) is 10.1 Å². The van der Waals surface area contributed by atoms with Gasteiger partial charge >= 0.3 is 0 Å². The number of fused-ring (bicyclic) bond motifs is 1. The molecule has 0 aliphatic carbocycles. The third-order valence-corrected chi connectivity index (χ3v) is 9.19. The fourth-order valence-corrected chi connectivity index (χ4v) is 5.02. The van der Waals surface area contributed by atoms with Gasteiger partial charge in [0.1, 0.15) is 0 Å². The van der Waals surface area contributed by atoms with Gasteiger partial charge < -0.3 is 0 Å². The second-order valence-corrected chi connectivity index (χ2v) is 12.2. The predicted molar refractivity (Wildman–Crippen MR) is 138 cm³/mol. The Morgan fingerprint density at radius 2 is 1.74 bits per heavy atom. The summed E-state index contributed by atoms with van der Waals surface area (Å²) >= 11 is 1.59. The number of hydrogen-bond donors (Lipinski definition) is 0. The first-order valence-corrected chi connectivity index (χ1v) is 13.5. The number of hydrogen-bond acceptors (Lipinski definition) is 6. The van der Waals surface area contributed by atoms with E-state index in [-0.39, 0.29) is 5.69 Å². The summed E-state index contributed by atoms with van der Waals surface area (Å²) < 4.78 is 24.0. The summed E-state index contributed by atoms with van der Waals surface area (Å²) in [6.45, 7) is 3.45. The number of nitrogens with zero attached hydrogens (tertiary/aromatic N) is 2. The summed E-state index contributed by atoms with van der Waals surface area (Å²) in [6, 6.07) is 22.2. The van der Waals surface area contributed by atoms with Crippen LogP contribution in [0.3, 0.4) is 0 Å². The number of benzene rings is 3. The lowest BCUT2D eigenvalue weighted by Gasteiger charge is -2.24. The zero-order chi connectivity index (χ0) is 24.5. The van der Waals surface area contributed by atoms with Crippen molar-refractivity contribution in [2.24, 2.45) is 0 Å². The number of nitro benzene ring substituents is 1. The molecular formula is C26H24N2O4S2. The molecule has 0 bridgehead atoms. The second kappa shape index (κ2) is 9.19. The van der Waals surface area contributed by atoms with Crippen LogP contribution in [-0.4, -0.2) is 24.6 Å². The molecule has 8 heteroatoms. The number of rotatable bonds is 7. The maximum Gasteiger partial charge on any atom is 0.269 e. The Morgan fingerprint density at radius 1 is 1.00 bits per heavy atom. The Balaban J connectivity index is 1.70. The molecule has 3 aromatic carbocycles. The van der Waals surface area contributed by atoms with Crippen LogP contribution in [0.4, 0.5) is 5.69 Å². The van der Waals surface area contributed by atoms with Crippen molar-refractivity contribution in [1.82, 2.24) is 4.98 Å². The molecule has 1 heterocycles. The summed E-state index contributed by atoms with van der Waals surface area (Å²) in [5, 5.41) is 11.7. The maximum absolute atomic E-state index is 12.5. The van der Waals surface area contributed by atoms with E-state index in [1.165, 1.54) is 18.4 Å². The van der Waals surface area contributed by atoms with Gasteiger partial charge in [0.15, 0.2) is 9.84 Å². The molecular weight excluding hydrogens is 468 g/mol. The lowest BCUT2D eigenvalue weighted by molar-refractivity contribution is -0.384. The number of pyridine rings is 1. The fourth-order valence-electron chi connectivity index (χ4n) is 3.63. The molecule has 0 N–H and O–H groups in total. The van der Waals surface area contributed by atoms with Crippen LogP contribution in [0.2, 0.25) is 0 Å². The fraction of sp³-hybridized carbons (Fsp3) is 0.192. The van der Waals surface area contributed by atoms with E-state index in [4.69, 9.17) is 0 Å². The molecule has 0 amide bonds. The van der Waals surface area contributed by atoms with Gasteiger partial charge in [0.05, 0.1) is 15.2 Å². The maximum atomic E-state index is 12.5. The molecule has 4 aromatic rings. The predicted octanol–water partition coefficient (Wildman–Crippen LogP) is 6.38. The van der Waals surface area contributed by atoms with E-state index < -0.39 is 19.5 Å². The van der Waals surface area contributed by atoms with E-state index in [0.717, 1.165) is 38.1 Å². The summed E-state index contributed by atoms with van der Waals surface area (Å²) in [6.07, 6.45) is 3.00. The molecule has 0 atom stereocenters. The zero-order valence-corrected chi connectivity index (χ0v) is 20.7. The van der Waals surface area contributed by atoms with Gasteiger partial charge in [-0.05, 0) is 60.9 Å². The normalized spacial score (nSPS) is 12.1. The summed E-state index contributed by atoms with van der Waals surface area (Å²) in [5.41, 5.74) is 4.52. The van der Waals surface area contributed by atoms with Gasteiger partial charge in [-0.25, -0.2) is 8.42 Å². The second-order valence-electron chi connectivity index (χ2n) is 8.62. The molecule has 0 aliphatic heterocycles. The standard InChI is InChI=1S/C26H24N2O4S2/c1-26(2,34(3,31)32)21-15-20-8-5-13-27-25(20)24(16-21)19-7-4-6-18(14-19)17-33-23-11-9-22(10-12-23)28(29)30/h4-16H,17H2,1-3H3. The van der Waals surface area contributed by atoms with E-state index in [2.05, 4.69) is 11.1 Å². The smallest absolute Gasteiger partial charge is 0.258 e. The summed E-state index contributed by atoms with van der Waals surface area (Å²) in [5.74, 6) is 0.686. The number of thioether (sulfide) groups is 1. The number of sulfone groups is 1. The van der Waals surface area contributed by atoms with E-state index in [9.17, 15) is 18.5 Å². The van der Waals surface area contributed by atoms with Gasteiger partial charge in [0, 0.05) is 46.2 Å². The SMILES string of the molecule is CC(C)(c1cc(-c2cccc(CSc3ccc([N+](=O)[O-])cc3)c2)c2ncccc2c1)S(C)(=O)=O. The van der Waals surface area contributed by atoms with Gasteiger partial charge in [-0.15, -0.1) is 11.8 Å². The van der Waals surface area contributed by atoms with Crippen LogP contribution in [0.25, 0.3) is 22.0 Å². The van der Waals surface area contributed by atoms with Gasteiger partial charge in [-0.2, -0.15) is 0 Å². The quantitative estimate of drug-likeness (QED) is 0.169. The highest BCUT2D eigenvalue weighted by atomic mass is 32.2. The van der Waals surface area contributed by atoms with Crippen molar-refractivity contribution in [1.29, 1.82) is 0 Å². The van der Waals surface area contributed by atoms with E-state index in [0.29, 0.717) is 5.75 Å². The first-order chi connectivity index (χ1) is 16.1. The summed E-state index contributed by atoms with van der Waals surface area (Å²) in [7, 11) is -3.34. The topological polar surface area (TPSA) is 90.2 Å². The monoisotopic (exact) mass is 492 g/mol. The van der Waals surface area contributed by atoms with Crippen molar-refractivity contribution in [2.45, 2.75) is 29.2 Å². The highest BCUT2D eigenvalue weighted by molar-refractivity contribution is 7.98. The highest BCUT2D eigenvalue weighted by Crippen LogP contribution is 2.37. The van der Waals surface area contributed by atoms with Crippen LogP contribution in [-0.2, 0) is 20.3 Å². The van der Waals surface area contributed by atoms with Crippen molar-refractivity contribution in [3.63, 3.8) is 0 Å². The highest BCUT2D eigenvalue weighted by Gasteiger charge is 2.33. The largest absolute Gasteiger partial charge is 0.269 e. The minimum atomic E-state index is -3.34. The molecule has 4 rings (SSSR count). The third kappa shape index (κ3) is 4.83. The Kier molecular flexibility index (Phi) is 6.47. The van der Waals surface area contributed by atoms with Crippen molar-refractivity contribution < 1.29 is 13.3 Å². The molecule has 0 spiro atoms. The lowest BCUT2D eigenvalue weighted by atomic mass is 9.93. The Labute approximate surface area is 203 Å². The van der Waals surface area contributed by atoms with Crippen molar-refractivity contribution in [3.8, 4) is 11.1 Å². The minimum absolute atomic E-state index is 0.0719. The molecule has 0 radical (unpaired) electrons. The van der Waals surface area contributed by atoms with Crippen LogP contribution < -0.4 is 0 Å². The number of aromatic nitrogens is 1. The van der Waals surface area contributed by atoms with E-state index >= 15 is 0 Å². The summed E-state index contributed by atoms with van der Waals surface area (Å²) in [4.78, 5) is 16.0. The van der Waals surface area contributed by atoms with Crippen molar-refractivity contribution in [3.05, 3.63) is 100 Å². The molecule has 0 unspecified atom stereocenters. The van der Waals surface area contributed by atoms with Gasteiger partial charge in [-0.1, -0.05) is 30.3 Å². The Morgan fingerprint density at radius 3 is 2.41 bits per heavy atom. The lowest BCUT2D eigenvalue weighted by Crippen LogP contribution is -2.28. The molecule has 174 valence electrons.